The van der Waals surface area contributed by atoms with Crippen LogP contribution >= 0.6 is 24.8 Å². The zero-order valence-corrected chi connectivity index (χ0v) is 24.3. The van der Waals surface area contributed by atoms with E-state index in [4.69, 9.17) is 26.0 Å². The summed E-state index contributed by atoms with van der Waals surface area (Å²) in [5.41, 5.74) is 7.25. The smallest absolute Gasteiger partial charge is 0.323 e. The van der Waals surface area contributed by atoms with Gasteiger partial charge in [0, 0.05) is 18.5 Å². The molecule has 1 aliphatic rings. The fourth-order valence-corrected chi connectivity index (χ4v) is 5.21. The molecule has 0 aromatic heterocycles. The molecule has 0 bridgehead atoms. The van der Waals surface area contributed by atoms with Gasteiger partial charge in [-0.15, -0.1) is 24.8 Å². The van der Waals surface area contributed by atoms with Gasteiger partial charge in [-0.3, -0.25) is 19.9 Å². The number of anilines is 1. The molecule has 2 aromatic carbocycles. The van der Waals surface area contributed by atoms with Gasteiger partial charge in [0.2, 0.25) is 10.0 Å². The van der Waals surface area contributed by atoms with E-state index in [9.17, 15) is 13.2 Å². The quantitative estimate of drug-likeness (QED) is 0.202. The first kappa shape index (κ1) is 33.7. The number of nitrogen functional groups attached to an aromatic ring is 1. The molecule has 214 valence electrons. The lowest BCUT2D eigenvalue weighted by atomic mass is 10.1. The van der Waals surface area contributed by atoms with Crippen LogP contribution in [0, 0.1) is 10.8 Å². The molecule has 1 atom stereocenters. The van der Waals surface area contributed by atoms with Crippen LogP contribution in [0.3, 0.4) is 0 Å². The summed E-state index contributed by atoms with van der Waals surface area (Å²) in [5.74, 6) is -0.567. The van der Waals surface area contributed by atoms with Crippen molar-refractivity contribution >= 4 is 64.2 Å². The van der Waals surface area contributed by atoms with E-state index in [2.05, 4.69) is 0 Å². The summed E-state index contributed by atoms with van der Waals surface area (Å²) in [5, 5.41) is 15.4. The minimum atomic E-state index is -4.04. The fourth-order valence-electron chi connectivity index (χ4n) is 3.92. The molecule has 2 aromatic rings. The lowest BCUT2D eigenvalue weighted by molar-refractivity contribution is -0.139. The fraction of sp³-hybridized carbons (Fsp3) is 0.346. The zero-order valence-electron chi connectivity index (χ0n) is 21.8. The molecule has 10 nitrogen and oxygen atoms in total. The molecule has 0 radical (unpaired) electrons. The maximum atomic E-state index is 13.2. The third-order valence-electron chi connectivity index (χ3n) is 5.77. The molecule has 1 aliphatic heterocycles. The molecule has 0 saturated carbocycles. The number of halogens is 2. The van der Waals surface area contributed by atoms with Crippen LogP contribution in [0.15, 0.2) is 54.6 Å². The summed E-state index contributed by atoms with van der Waals surface area (Å²) in [6.45, 7) is 4.82. The van der Waals surface area contributed by atoms with E-state index in [1.54, 1.807) is 68.5 Å². The number of nitrogens with one attached hydrogen (secondary N) is 2. The predicted octanol–water partition coefficient (Wildman–Crippen LogP) is 3.68. The highest BCUT2D eigenvalue weighted by atomic mass is 35.5. The molecular formula is C26H35Cl2N5O5S. The van der Waals surface area contributed by atoms with E-state index in [0.29, 0.717) is 29.4 Å². The maximum absolute atomic E-state index is 13.2. The first-order valence-electron chi connectivity index (χ1n) is 11.9. The minimum absolute atomic E-state index is 0. The highest BCUT2D eigenvalue weighted by Gasteiger charge is 2.27. The predicted molar refractivity (Wildman–Crippen MR) is 159 cm³/mol. The van der Waals surface area contributed by atoms with Gasteiger partial charge in [-0.05, 0) is 49.7 Å². The van der Waals surface area contributed by atoms with E-state index in [0.717, 1.165) is 22.8 Å². The number of nitrogens with zero attached hydrogens (tertiary/aromatic N) is 2. The van der Waals surface area contributed by atoms with Crippen molar-refractivity contribution in [3.8, 4) is 5.75 Å². The summed E-state index contributed by atoms with van der Waals surface area (Å²) >= 11 is 0. The number of amidine groups is 2. The SMILES string of the molecule is CCOC(=O)CS(=O)(=O)N(C/C=C/c1cccc(C(=N)N)c1)c1ccc(OC2CCN(C(C)=N)C2)cc1.Cl.Cl. The first-order chi connectivity index (χ1) is 17.6. The molecule has 0 spiro atoms. The van der Waals surface area contributed by atoms with Crippen molar-refractivity contribution in [2.24, 2.45) is 5.73 Å². The Morgan fingerprint density at radius 1 is 1.18 bits per heavy atom. The third-order valence-corrected chi connectivity index (χ3v) is 7.40. The van der Waals surface area contributed by atoms with Crippen LogP contribution in [0.25, 0.3) is 6.08 Å². The van der Waals surface area contributed by atoms with Gasteiger partial charge in [-0.25, -0.2) is 8.42 Å². The molecular weight excluding hydrogens is 565 g/mol. The third kappa shape index (κ3) is 9.76. The minimum Gasteiger partial charge on any atom is -0.489 e. The Labute approximate surface area is 242 Å². The number of hydrogen-bond donors (Lipinski definition) is 3. The number of esters is 1. The van der Waals surface area contributed by atoms with Gasteiger partial charge in [-0.1, -0.05) is 30.4 Å². The van der Waals surface area contributed by atoms with Gasteiger partial charge in [0.15, 0.2) is 5.75 Å². The van der Waals surface area contributed by atoms with Gasteiger partial charge in [-0.2, -0.15) is 0 Å². The first-order valence-corrected chi connectivity index (χ1v) is 13.5. The van der Waals surface area contributed by atoms with Crippen LogP contribution in [0.2, 0.25) is 0 Å². The number of carbonyl (C=O) groups excluding carboxylic acids is 1. The van der Waals surface area contributed by atoms with Crippen molar-refractivity contribution in [3.63, 3.8) is 0 Å². The molecule has 3 rings (SSSR count). The lowest BCUT2D eigenvalue weighted by Crippen LogP contribution is -2.36. The molecule has 13 heteroatoms. The van der Waals surface area contributed by atoms with Gasteiger partial charge >= 0.3 is 5.97 Å². The lowest BCUT2D eigenvalue weighted by Gasteiger charge is -2.23. The van der Waals surface area contributed by atoms with Crippen molar-refractivity contribution in [1.82, 2.24) is 4.90 Å². The second kappa shape index (κ2) is 15.3. The number of nitrogens with two attached hydrogens (primary N) is 1. The number of sulfonamides is 1. The second-order valence-corrected chi connectivity index (χ2v) is 10.5. The molecule has 4 N–H and O–H groups in total. The van der Waals surface area contributed by atoms with Crippen LogP contribution in [0.5, 0.6) is 5.75 Å². The van der Waals surface area contributed by atoms with E-state index in [-0.39, 0.29) is 49.9 Å². The van der Waals surface area contributed by atoms with Crippen molar-refractivity contribution in [2.75, 3.05) is 36.3 Å². The molecule has 0 amide bonds. The van der Waals surface area contributed by atoms with Gasteiger partial charge in [0.05, 0.1) is 31.2 Å². The number of hydrogen-bond acceptors (Lipinski definition) is 7. The Morgan fingerprint density at radius 3 is 2.46 bits per heavy atom. The van der Waals surface area contributed by atoms with Crippen LogP contribution in [0.4, 0.5) is 5.69 Å². The molecule has 1 unspecified atom stereocenters. The number of benzene rings is 2. The Balaban J connectivity index is 0.00000380. The maximum Gasteiger partial charge on any atom is 0.323 e. The molecule has 1 fully saturated rings. The summed E-state index contributed by atoms with van der Waals surface area (Å²) in [6, 6.07) is 13.7. The number of ether oxygens (including phenoxy) is 2. The topological polar surface area (TPSA) is 150 Å². The Morgan fingerprint density at radius 2 is 1.87 bits per heavy atom. The summed E-state index contributed by atoms with van der Waals surface area (Å²) in [7, 11) is -4.04. The van der Waals surface area contributed by atoms with Gasteiger partial charge in [0.1, 0.15) is 17.7 Å². The number of rotatable bonds is 11. The van der Waals surface area contributed by atoms with Gasteiger partial charge in [0.25, 0.3) is 0 Å². The number of carbonyl (C=O) groups is 1. The van der Waals surface area contributed by atoms with Crippen molar-refractivity contribution in [1.29, 1.82) is 10.8 Å². The highest BCUT2D eigenvalue weighted by Crippen LogP contribution is 2.25. The average molecular weight is 601 g/mol. The number of likely N-dealkylation sites (tertiary alicyclic amines) is 1. The van der Waals surface area contributed by atoms with Crippen LogP contribution in [0.1, 0.15) is 31.4 Å². The van der Waals surface area contributed by atoms with Gasteiger partial charge < -0.3 is 20.1 Å². The standard InChI is InChI=1S/C26H33N5O5S.2ClH/c1-3-35-25(32)18-37(33,34)31(14-5-7-20-6-4-8-21(16-20)26(28)29)22-9-11-23(12-10-22)36-24-13-15-30(17-24)19(2)27;;/h4-12,16,24,27H,3,13-15,17-18H2,1-2H3,(H3,28,29);2*1H/b7-5+,27-19?;;. The van der Waals surface area contributed by atoms with E-state index in [1.807, 2.05) is 11.0 Å². The van der Waals surface area contributed by atoms with E-state index < -0.39 is 21.7 Å². The van der Waals surface area contributed by atoms with Crippen LogP contribution in [-0.4, -0.2) is 69.1 Å². The van der Waals surface area contributed by atoms with Crippen molar-refractivity contribution in [3.05, 3.63) is 65.7 Å². The zero-order chi connectivity index (χ0) is 27.0. The van der Waals surface area contributed by atoms with Crippen molar-refractivity contribution < 1.29 is 22.7 Å². The van der Waals surface area contributed by atoms with E-state index in [1.165, 1.54) is 0 Å². The monoisotopic (exact) mass is 599 g/mol. The molecule has 0 aliphatic carbocycles. The summed E-state index contributed by atoms with van der Waals surface area (Å²) < 4.78 is 38.3. The second-order valence-electron chi connectivity index (χ2n) is 8.59. The Kier molecular flexibility index (Phi) is 13.3. The van der Waals surface area contributed by atoms with E-state index >= 15 is 0 Å². The Hall–Kier alpha value is -3.28. The molecule has 1 heterocycles. The summed E-state index contributed by atoms with van der Waals surface area (Å²) in [6.07, 6.45) is 4.14. The summed E-state index contributed by atoms with van der Waals surface area (Å²) in [4.78, 5) is 13.9. The largest absolute Gasteiger partial charge is 0.489 e. The Bertz CT molecular complexity index is 1270. The normalized spacial score (nSPS) is 14.7. The van der Waals surface area contributed by atoms with Crippen molar-refractivity contribution in [2.45, 2.75) is 26.4 Å². The van der Waals surface area contributed by atoms with Crippen LogP contribution in [-0.2, 0) is 19.6 Å². The highest BCUT2D eigenvalue weighted by molar-refractivity contribution is 7.93. The molecule has 1 saturated heterocycles. The van der Waals surface area contributed by atoms with Crippen LogP contribution < -0.4 is 14.8 Å². The average Bonchev–Trinajstić information content (AvgIpc) is 3.31. The molecule has 39 heavy (non-hydrogen) atoms.